The van der Waals surface area contributed by atoms with E-state index in [1.54, 1.807) is 13.0 Å². The number of halogens is 2. The Hall–Kier alpha value is -0.980. The third kappa shape index (κ3) is 5.12. The smallest absolute Gasteiger partial charge is 0.251 e. The Morgan fingerprint density at radius 2 is 2.22 bits per heavy atom. The Kier molecular flexibility index (Phi) is 6.24. The molecular weight excluding hydrogens is 303 g/mol. The van der Waals surface area contributed by atoms with Crippen LogP contribution in [0.2, 0.25) is 0 Å². The monoisotopic (exact) mass is 318 g/mol. The van der Waals surface area contributed by atoms with Crippen LogP contribution in [-0.4, -0.2) is 36.8 Å². The van der Waals surface area contributed by atoms with Crippen molar-refractivity contribution in [1.29, 1.82) is 0 Å². The minimum atomic E-state index is -0.463. The largest absolute Gasteiger partial charge is 0.392 e. The minimum Gasteiger partial charge on any atom is -0.392 e. The van der Waals surface area contributed by atoms with Crippen LogP contribution in [0.25, 0.3) is 0 Å². The highest BCUT2D eigenvalue weighted by atomic mass is 79.9. The van der Waals surface area contributed by atoms with Crippen molar-refractivity contribution in [2.45, 2.75) is 13.0 Å². The van der Waals surface area contributed by atoms with Crippen LogP contribution in [0.15, 0.2) is 22.7 Å². The second-order valence-corrected chi connectivity index (χ2v) is 4.79. The summed E-state index contributed by atoms with van der Waals surface area (Å²) < 4.78 is 13.5. The van der Waals surface area contributed by atoms with Crippen LogP contribution in [-0.2, 0) is 0 Å². The van der Waals surface area contributed by atoms with E-state index in [9.17, 15) is 9.18 Å². The molecule has 100 valence electrons. The van der Waals surface area contributed by atoms with Crippen molar-refractivity contribution in [3.8, 4) is 0 Å². The molecular formula is C12H16BrFN2O2. The first-order valence-corrected chi connectivity index (χ1v) is 6.42. The third-order valence-corrected chi connectivity index (χ3v) is 2.85. The number of hydrogen-bond donors (Lipinski definition) is 3. The van der Waals surface area contributed by atoms with E-state index in [0.717, 1.165) is 0 Å². The number of carbonyl (C=O) groups excluding carboxylic acids is 1. The van der Waals surface area contributed by atoms with E-state index < -0.39 is 11.9 Å². The summed E-state index contributed by atoms with van der Waals surface area (Å²) in [5, 5.41) is 14.6. The fourth-order valence-electron chi connectivity index (χ4n) is 1.31. The number of benzene rings is 1. The number of aliphatic hydroxyl groups excluding tert-OH is 1. The van der Waals surface area contributed by atoms with Gasteiger partial charge in [-0.1, -0.05) is 0 Å². The Bertz CT molecular complexity index is 413. The summed E-state index contributed by atoms with van der Waals surface area (Å²) >= 11 is 3.02. The van der Waals surface area contributed by atoms with Gasteiger partial charge in [-0.25, -0.2) is 4.39 Å². The lowest BCUT2D eigenvalue weighted by atomic mass is 10.2. The molecule has 1 unspecified atom stereocenters. The lowest BCUT2D eigenvalue weighted by Crippen LogP contribution is -2.34. The molecule has 1 amide bonds. The summed E-state index contributed by atoms with van der Waals surface area (Å²) in [5.41, 5.74) is 0.284. The van der Waals surface area contributed by atoms with Crippen molar-refractivity contribution in [2.75, 3.05) is 19.6 Å². The first-order chi connectivity index (χ1) is 8.50. The zero-order valence-corrected chi connectivity index (χ0v) is 11.6. The SMILES string of the molecule is CC(O)CNCCNC(=O)c1ccc(Br)c(F)c1. The molecule has 0 saturated carbocycles. The van der Waals surface area contributed by atoms with Crippen LogP contribution in [0, 0.1) is 5.82 Å². The average molecular weight is 319 g/mol. The highest BCUT2D eigenvalue weighted by Gasteiger charge is 2.07. The van der Waals surface area contributed by atoms with Gasteiger partial charge in [0, 0.05) is 25.2 Å². The molecule has 0 heterocycles. The van der Waals surface area contributed by atoms with Gasteiger partial charge in [-0.2, -0.15) is 0 Å². The first-order valence-electron chi connectivity index (χ1n) is 5.62. The van der Waals surface area contributed by atoms with E-state index in [1.807, 2.05) is 0 Å². The molecule has 1 aromatic carbocycles. The quantitative estimate of drug-likeness (QED) is 0.693. The molecule has 0 radical (unpaired) electrons. The van der Waals surface area contributed by atoms with Gasteiger partial charge in [-0.05, 0) is 41.1 Å². The summed E-state index contributed by atoms with van der Waals surface area (Å²) in [6, 6.07) is 4.23. The van der Waals surface area contributed by atoms with Crippen LogP contribution in [0.5, 0.6) is 0 Å². The van der Waals surface area contributed by atoms with Gasteiger partial charge in [0.2, 0.25) is 0 Å². The van der Waals surface area contributed by atoms with Gasteiger partial charge in [0.05, 0.1) is 10.6 Å². The van der Waals surface area contributed by atoms with Crippen molar-refractivity contribution >= 4 is 21.8 Å². The van der Waals surface area contributed by atoms with Crippen molar-refractivity contribution in [1.82, 2.24) is 10.6 Å². The number of hydrogen-bond acceptors (Lipinski definition) is 3. The molecule has 4 nitrogen and oxygen atoms in total. The molecule has 0 aromatic heterocycles. The zero-order valence-electron chi connectivity index (χ0n) is 10.0. The van der Waals surface area contributed by atoms with Gasteiger partial charge in [0.1, 0.15) is 5.82 Å². The second kappa shape index (κ2) is 7.45. The van der Waals surface area contributed by atoms with Crippen molar-refractivity contribution in [2.24, 2.45) is 0 Å². The summed E-state index contributed by atoms with van der Waals surface area (Å²) in [6.45, 7) is 3.12. The Balaban J connectivity index is 2.34. The van der Waals surface area contributed by atoms with Gasteiger partial charge in [0.15, 0.2) is 0 Å². The molecule has 0 aliphatic rings. The van der Waals surface area contributed by atoms with E-state index in [-0.39, 0.29) is 11.5 Å². The van der Waals surface area contributed by atoms with Crippen LogP contribution >= 0.6 is 15.9 Å². The molecule has 18 heavy (non-hydrogen) atoms. The maximum Gasteiger partial charge on any atom is 0.251 e. The number of rotatable bonds is 6. The fourth-order valence-corrected chi connectivity index (χ4v) is 1.56. The van der Waals surface area contributed by atoms with Crippen molar-refractivity contribution < 1.29 is 14.3 Å². The average Bonchev–Trinajstić information content (AvgIpc) is 2.31. The standard InChI is InChI=1S/C12H16BrFN2O2/c1-8(17)7-15-4-5-16-12(18)9-2-3-10(13)11(14)6-9/h2-3,6,8,15,17H,4-5,7H2,1H3,(H,16,18). The fraction of sp³-hybridized carbons (Fsp3) is 0.417. The predicted octanol–water partition coefficient (Wildman–Crippen LogP) is 1.29. The molecule has 0 saturated heterocycles. The molecule has 0 bridgehead atoms. The summed E-state index contributed by atoms with van der Waals surface area (Å²) in [4.78, 5) is 11.6. The van der Waals surface area contributed by atoms with Crippen molar-refractivity contribution in [3.05, 3.63) is 34.1 Å². The van der Waals surface area contributed by atoms with Crippen LogP contribution in [0.3, 0.4) is 0 Å². The number of nitrogens with one attached hydrogen (secondary N) is 2. The zero-order chi connectivity index (χ0) is 13.5. The van der Waals surface area contributed by atoms with E-state index in [4.69, 9.17) is 5.11 Å². The molecule has 1 aromatic rings. The van der Waals surface area contributed by atoms with Gasteiger partial charge in [-0.15, -0.1) is 0 Å². The number of aliphatic hydroxyl groups is 1. The minimum absolute atomic E-state index is 0.284. The molecule has 0 aliphatic heterocycles. The van der Waals surface area contributed by atoms with Gasteiger partial charge < -0.3 is 15.7 Å². The van der Waals surface area contributed by atoms with E-state index in [2.05, 4.69) is 26.6 Å². The summed E-state index contributed by atoms with van der Waals surface area (Å²) in [5.74, 6) is -0.782. The maximum atomic E-state index is 13.2. The normalized spacial score (nSPS) is 12.2. The Morgan fingerprint density at radius 1 is 1.50 bits per heavy atom. The summed E-state index contributed by atoms with van der Waals surface area (Å²) in [7, 11) is 0. The summed E-state index contributed by atoms with van der Waals surface area (Å²) in [6.07, 6.45) is -0.415. The van der Waals surface area contributed by atoms with Crippen LogP contribution in [0.4, 0.5) is 4.39 Å². The van der Waals surface area contributed by atoms with Crippen molar-refractivity contribution in [3.63, 3.8) is 0 Å². The Morgan fingerprint density at radius 3 is 2.83 bits per heavy atom. The van der Waals surface area contributed by atoms with Gasteiger partial charge in [-0.3, -0.25) is 4.79 Å². The number of carbonyl (C=O) groups is 1. The van der Waals surface area contributed by atoms with E-state index in [0.29, 0.717) is 24.1 Å². The topological polar surface area (TPSA) is 61.4 Å². The molecule has 0 fully saturated rings. The first kappa shape index (κ1) is 15.1. The second-order valence-electron chi connectivity index (χ2n) is 3.94. The van der Waals surface area contributed by atoms with Gasteiger partial charge >= 0.3 is 0 Å². The molecule has 3 N–H and O–H groups in total. The lowest BCUT2D eigenvalue weighted by molar-refractivity contribution is 0.0953. The highest BCUT2D eigenvalue weighted by molar-refractivity contribution is 9.10. The molecule has 1 atom stereocenters. The Labute approximate surface area is 114 Å². The predicted molar refractivity (Wildman–Crippen MR) is 71.0 cm³/mol. The molecule has 0 aliphatic carbocycles. The van der Waals surface area contributed by atoms with Crippen LogP contribution in [0.1, 0.15) is 17.3 Å². The maximum absolute atomic E-state index is 13.2. The lowest BCUT2D eigenvalue weighted by Gasteiger charge is -2.08. The molecule has 6 heteroatoms. The van der Waals surface area contributed by atoms with Gasteiger partial charge in [0.25, 0.3) is 5.91 Å². The van der Waals surface area contributed by atoms with E-state index >= 15 is 0 Å². The molecule has 1 rings (SSSR count). The number of amides is 1. The highest BCUT2D eigenvalue weighted by Crippen LogP contribution is 2.16. The van der Waals surface area contributed by atoms with Crippen LogP contribution < -0.4 is 10.6 Å². The third-order valence-electron chi connectivity index (χ3n) is 2.21. The molecule has 0 spiro atoms. The van der Waals surface area contributed by atoms with E-state index in [1.165, 1.54) is 12.1 Å².